The van der Waals surface area contributed by atoms with E-state index in [1.807, 2.05) is 31.2 Å². The van der Waals surface area contributed by atoms with Crippen LogP contribution < -0.4 is 9.62 Å². The number of fused-ring (bicyclic) bond motifs is 2. The van der Waals surface area contributed by atoms with Crippen molar-refractivity contribution in [1.29, 1.82) is 0 Å². The molecular weight excluding hydrogens is 448 g/mol. The number of unbranched alkanes of at least 4 members (excludes halogenated alkanes) is 5. The number of hydrogen-bond acceptors (Lipinski definition) is 5. The maximum Gasteiger partial charge on any atom is 0.373 e. The fourth-order valence-electron chi connectivity index (χ4n) is 4.06. The molecular formula is C24H31ClN2O4S. The minimum atomic E-state index is -3.64. The predicted octanol–water partition coefficient (Wildman–Crippen LogP) is 5.32. The minimum absolute atomic E-state index is 0.180. The van der Waals surface area contributed by atoms with E-state index in [1.165, 1.54) is 36.4 Å². The van der Waals surface area contributed by atoms with Crippen LogP contribution in [-0.2, 0) is 19.6 Å². The van der Waals surface area contributed by atoms with E-state index in [0.717, 1.165) is 24.1 Å². The van der Waals surface area contributed by atoms with E-state index in [-0.39, 0.29) is 12.2 Å². The summed E-state index contributed by atoms with van der Waals surface area (Å²) in [5, 5.41) is 4.17. The molecule has 0 saturated carbocycles. The predicted molar refractivity (Wildman–Crippen MR) is 126 cm³/mol. The summed E-state index contributed by atoms with van der Waals surface area (Å²) < 4.78 is 28.3. The van der Waals surface area contributed by atoms with Crippen molar-refractivity contribution < 1.29 is 18.0 Å². The Morgan fingerprint density at radius 3 is 2.31 bits per heavy atom. The smallest absolute Gasteiger partial charge is 0.306 e. The van der Waals surface area contributed by atoms with Crippen molar-refractivity contribution in [3.8, 4) is 0 Å². The van der Waals surface area contributed by atoms with Crippen LogP contribution in [0.4, 0.5) is 5.69 Å². The van der Waals surface area contributed by atoms with Crippen LogP contribution in [0.25, 0.3) is 0 Å². The van der Waals surface area contributed by atoms with Gasteiger partial charge in [-0.15, -0.1) is 0 Å². The Morgan fingerprint density at radius 1 is 0.969 bits per heavy atom. The summed E-state index contributed by atoms with van der Waals surface area (Å²) in [5.41, 5.74) is 2.42. The first-order chi connectivity index (χ1) is 15.4. The zero-order chi connectivity index (χ0) is 23.6. The largest absolute Gasteiger partial charge is 0.373 e. The Hall–Kier alpha value is -2.18. The Balaban J connectivity index is 0.00000114. The van der Waals surface area contributed by atoms with E-state index in [1.54, 1.807) is 18.2 Å². The molecule has 1 aliphatic rings. The number of nitrogens with zero attached hydrogens (tertiary/aromatic N) is 1. The van der Waals surface area contributed by atoms with Crippen LogP contribution in [0, 0.1) is 0 Å². The standard InChI is InChI=1S/C23H31ClN2O2S.CO2/c1-3-5-6-7-8-11-16-25-23-19-15-14-18(24)17-21(19)26(4-2)29(27,28)22-13-10-9-12-20(22)23;2-1-3/h9-10,12-15,17,23,25H,3-8,11,16H2,1-2H3;. The molecule has 0 amide bonds. The monoisotopic (exact) mass is 478 g/mol. The number of hydrogen-bond donors (Lipinski definition) is 1. The number of sulfonamides is 1. The second-order valence-corrected chi connectivity index (χ2v) is 9.92. The molecule has 0 spiro atoms. The molecule has 0 bridgehead atoms. The van der Waals surface area contributed by atoms with Crippen molar-refractivity contribution in [1.82, 2.24) is 5.32 Å². The number of carbonyl (C=O) groups excluding carboxylic acids is 2. The van der Waals surface area contributed by atoms with E-state index in [0.29, 0.717) is 22.2 Å². The molecule has 2 aromatic rings. The Morgan fingerprint density at radius 2 is 1.62 bits per heavy atom. The molecule has 0 aromatic heterocycles. The van der Waals surface area contributed by atoms with Gasteiger partial charge >= 0.3 is 6.15 Å². The first-order valence-electron chi connectivity index (χ1n) is 11.1. The summed E-state index contributed by atoms with van der Waals surface area (Å²) in [5.74, 6) is 0. The van der Waals surface area contributed by atoms with E-state index in [4.69, 9.17) is 21.2 Å². The second-order valence-electron chi connectivity index (χ2n) is 7.65. The highest BCUT2D eigenvalue weighted by molar-refractivity contribution is 7.93. The lowest BCUT2D eigenvalue weighted by Crippen LogP contribution is -2.30. The third kappa shape index (κ3) is 6.20. The van der Waals surface area contributed by atoms with Gasteiger partial charge in [0.15, 0.2) is 0 Å². The Bertz CT molecular complexity index is 1020. The van der Waals surface area contributed by atoms with Crippen molar-refractivity contribution in [2.24, 2.45) is 0 Å². The van der Waals surface area contributed by atoms with Crippen LogP contribution in [0.15, 0.2) is 47.4 Å². The summed E-state index contributed by atoms with van der Waals surface area (Å²) >= 11 is 6.25. The Labute approximate surface area is 196 Å². The van der Waals surface area contributed by atoms with Gasteiger partial charge in [-0.3, -0.25) is 4.31 Å². The summed E-state index contributed by atoms with van der Waals surface area (Å²) in [4.78, 5) is 16.6. The first kappa shape index (κ1) is 26.1. The van der Waals surface area contributed by atoms with Crippen LogP contribution >= 0.6 is 11.6 Å². The molecule has 0 fully saturated rings. The Kier molecular flexibility index (Phi) is 10.4. The lowest BCUT2D eigenvalue weighted by atomic mass is 9.96. The lowest BCUT2D eigenvalue weighted by Gasteiger charge is -2.24. The van der Waals surface area contributed by atoms with E-state index in [9.17, 15) is 8.42 Å². The van der Waals surface area contributed by atoms with Gasteiger partial charge in [0.1, 0.15) is 0 Å². The van der Waals surface area contributed by atoms with E-state index in [2.05, 4.69) is 12.2 Å². The normalized spacial score (nSPS) is 16.1. The molecule has 174 valence electrons. The number of benzene rings is 2. The SMILES string of the molecule is CCCCCCCCNC1c2ccc(Cl)cc2N(CC)S(=O)(=O)c2ccccc21.O=C=O. The molecule has 0 aliphatic carbocycles. The third-order valence-corrected chi connectivity index (χ3v) is 7.73. The average molecular weight is 479 g/mol. The molecule has 0 saturated heterocycles. The van der Waals surface area contributed by atoms with Crippen LogP contribution in [0.2, 0.25) is 5.02 Å². The molecule has 1 aliphatic heterocycles. The number of halogens is 1. The van der Waals surface area contributed by atoms with Crippen molar-refractivity contribution in [2.75, 3.05) is 17.4 Å². The zero-order valence-electron chi connectivity index (χ0n) is 18.6. The topological polar surface area (TPSA) is 83.6 Å². The molecule has 2 aromatic carbocycles. The zero-order valence-corrected chi connectivity index (χ0v) is 20.2. The molecule has 32 heavy (non-hydrogen) atoms. The van der Waals surface area contributed by atoms with Crippen molar-refractivity contribution in [2.45, 2.75) is 63.3 Å². The summed E-state index contributed by atoms with van der Waals surface area (Å²) in [6.07, 6.45) is 7.60. The van der Waals surface area contributed by atoms with Crippen molar-refractivity contribution in [3.05, 3.63) is 58.6 Å². The highest BCUT2D eigenvalue weighted by Gasteiger charge is 2.35. The maximum atomic E-state index is 13.4. The van der Waals surface area contributed by atoms with Gasteiger partial charge in [-0.05, 0) is 49.2 Å². The first-order valence-corrected chi connectivity index (χ1v) is 12.9. The van der Waals surface area contributed by atoms with Gasteiger partial charge < -0.3 is 5.32 Å². The van der Waals surface area contributed by atoms with Crippen LogP contribution in [-0.4, -0.2) is 27.7 Å². The fraction of sp³-hybridized carbons (Fsp3) is 0.458. The molecule has 3 rings (SSSR count). The molecule has 1 atom stereocenters. The fourth-order valence-corrected chi connectivity index (χ4v) is 5.95. The highest BCUT2D eigenvalue weighted by Crippen LogP contribution is 2.41. The average Bonchev–Trinajstić information content (AvgIpc) is 2.84. The van der Waals surface area contributed by atoms with Crippen molar-refractivity contribution >= 4 is 33.5 Å². The quantitative estimate of drug-likeness (QED) is 0.493. The maximum absolute atomic E-state index is 13.4. The molecule has 6 nitrogen and oxygen atoms in total. The second kappa shape index (κ2) is 12.8. The molecule has 1 N–H and O–H groups in total. The van der Waals surface area contributed by atoms with Gasteiger partial charge in [-0.2, -0.15) is 9.59 Å². The summed E-state index contributed by atoms with van der Waals surface area (Å²) in [6, 6.07) is 12.7. The highest BCUT2D eigenvalue weighted by atomic mass is 35.5. The van der Waals surface area contributed by atoms with Gasteiger partial charge in [0.25, 0.3) is 10.0 Å². The minimum Gasteiger partial charge on any atom is -0.306 e. The van der Waals surface area contributed by atoms with Gasteiger partial charge in [-0.25, -0.2) is 8.42 Å². The summed E-state index contributed by atoms with van der Waals surface area (Å²) in [7, 11) is -3.64. The number of anilines is 1. The summed E-state index contributed by atoms with van der Waals surface area (Å²) in [6.45, 7) is 5.28. The van der Waals surface area contributed by atoms with Gasteiger partial charge in [0, 0.05) is 11.6 Å². The number of rotatable bonds is 9. The molecule has 8 heteroatoms. The molecule has 1 unspecified atom stereocenters. The van der Waals surface area contributed by atoms with E-state index >= 15 is 0 Å². The number of nitrogens with one attached hydrogen (secondary N) is 1. The molecule has 1 heterocycles. The van der Waals surface area contributed by atoms with Gasteiger partial charge in [-0.1, -0.05) is 74.9 Å². The van der Waals surface area contributed by atoms with Crippen LogP contribution in [0.3, 0.4) is 0 Å². The van der Waals surface area contributed by atoms with E-state index < -0.39 is 10.0 Å². The lowest BCUT2D eigenvalue weighted by molar-refractivity contribution is -0.191. The van der Waals surface area contributed by atoms with Gasteiger partial charge in [0.05, 0.1) is 16.6 Å². The van der Waals surface area contributed by atoms with Crippen LogP contribution in [0.5, 0.6) is 0 Å². The van der Waals surface area contributed by atoms with Gasteiger partial charge in [0.2, 0.25) is 0 Å². The van der Waals surface area contributed by atoms with Crippen LogP contribution in [0.1, 0.15) is 69.5 Å². The third-order valence-electron chi connectivity index (χ3n) is 5.54. The molecule has 0 radical (unpaired) electrons. The van der Waals surface area contributed by atoms with Crippen molar-refractivity contribution in [3.63, 3.8) is 0 Å².